The molecule has 0 spiro atoms. The molecule has 2 aromatic rings. The highest BCUT2D eigenvalue weighted by Gasteiger charge is 2.34. The zero-order chi connectivity index (χ0) is 16.9. The third-order valence-corrected chi connectivity index (χ3v) is 3.03. The smallest absolute Gasteiger partial charge is 0.304 e. The van der Waals surface area contributed by atoms with Gasteiger partial charge in [0.2, 0.25) is 0 Å². The molecule has 0 aliphatic carbocycles. The van der Waals surface area contributed by atoms with Gasteiger partial charge in [-0.2, -0.15) is 0 Å². The minimum Gasteiger partial charge on any atom is -0.304 e. The van der Waals surface area contributed by atoms with Crippen LogP contribution in [0.4, 0.5) is 21.0 Å². The molecule has 120 valence electrons. The summed E-state index contributed by atoms with van der Waals surface area (Å²) in [5.74, 6) is 0. The van der Waals surface area contributed by atoms with Gasteiger partial charge < -0.3 is 10.6 Å². The van der Waals surface area contributed by atoms with Crippen LogP contribution in [0.1, 0.15) is 0 Å². The summed E-state index contributed by atoms with van der Waals surface area (Å²) in [6.45, 7) is 0. The Labute approximate surface area is 135 Å². The predicted octanol–water partition coefficient (Wildman–Crippen LogP) is 3.37. The van der Waals surface area contributed by atoms with E-state index >= 15 is 0 Å². The van der Waals surface area contributed by atoms with Crippen molar-refractivity contribution in [3.8, 4) is 0 Å². The van der Waals surface area contributed by atoms with E-state index in [1.54, 1.807) is 45.4 Å². The van der Waals surface area contributed by atoms with Crippen molar-refractivity contribution in [1.29, 1.82) is 0 Å². The molecule has 0 unspecified atom stereocenters. The number of rotatable bonds is 3. The number of carbonyl (C=O) groups is 2. The number of para-hydroxylation sites is 2. The number of benzene rings is 2. The molecule has 2 rings (SSSR count). The zero-order valence-corrected chi connectivity index (χ0v) is 13.5. The van der Waals surface area contributed by atoms with E-state index in [0.717, 1.165) is 5.01 Å². The number of hydrogen-bond donors (Lipinski definition) is 2. The largest absolute Gasteiger partial charge is 0.375 e. The number of carbonyl (C=O) groups excluding carboxylic acids is 2. The number of anilines is 2. The molecular formula is C17H21N4O2+. The maximum absolute atomic E-state index is 12.5. The summed E-state index contributed by atoms with van der Waals surface area (Å²) in [6.07, 6.45) is 0. The Hall–Kier alpha value is -2.86. The second kappa shape index (κ2) is 6.93. The van der Waals surface area contributed by atoms with Gasteiger partial charge in [0.05, 0.1) is 21.1 Å². The normalized spacial score (nSPS) is 10.7. The quantitative estimate of drug-likeness (QED) is 0.674. The molecule has 0 saturated heterocycles. The molecule has 0 aliphatic rings. The molecule has 0 bridgehead atoms. The van der Waals surface area contributed by atoms with Gasteiger partial charge in [-0.05, 0) is 24.3 Å². The molecule has 0 saturated carbocycles. The molecule has 2 N–H and O–H groups in total. The lowest BCUT2D eigenvalue weighted by molar-refractivity contribution is -0.959. The standard InChI is InChI=1S/C17H20N4O2/c1-21(2,3)20(16(22)18-14-10-6-4-7-11-14)17(23)19-15-12-8-5-9-13-15/h4-13H,1-3H3,(H-,18,19,22,23)/p+1. The average molecular weight is 313 g/mol. The number of hydrogen-bond acceptors (Lipinski definition) is 2. The fraction of sp³-hybridized carbons (Fsp3) is 0.176. The van der Waals surface area contributed by atoms with Crippen LogP contribution >= 0.6 is 0 Å². The molecular weight excluding hydrogens is 292 g/mol. The Morgan fingerprint density at radius 2 is 1.09 bits per heavy atom. The molecule has 0 atom stereocenters. The summed E-state index contributed by atoms with van der Waals surface area (Å²) < 4.78 is 0.0251. The second-order valence-electron chi connectivity index (χ2n) is 5.85. The van der Waals surface area contributed by atoms with Gasteiger partial charge in [0.15, 0.2) is 0 Å². The number of imide groups is 1. The molecule has 23 heavy (non-hydrogen) atoms. The third-order valence-electron chi connectivity index (χ3n) is 3.03. The number of nitrogens with one attached hydrogen (secondary N) is 2. The van der Waals surface area contributed by atoms with E-state index in [1.165, 1.54) is 0 Å². The Morgan fingerprint density at radius 1 is 0.739 bits per heavy atom. The Kier molecular flexibility index (Phi) is 4.98. The van der Waals surface area contributed by atoms with E-state index in [4.69, 9.17) is 0 Å². The van der Waals surface area contributed by atoms with Crippen LogP contribution in [0.3, 0.4) is 0 Å². The van der Waals surface area contributed by atoms with E-state index in [9.17, 15) is 9.59 Å². The summed E-state index contributed by atoms with van der Waals surface area (Å²) in [6, 6.07) is 17.0. The topological polar surface area (TPSA) is 61.4 Å². The van der Waals surface area contributed by atoms with E-state index in [0.29, 0.717) is 11.4 Å². The predicted molar refractivity (Wildman–Crippen MR) is 90.8 cm³/mol. The van der Waals surface area contributed by atoms with E-state index < -0.39 is 12.1 Å². The summed E-state index contributed by atoms with van der Waals surface area (Å²) in [4.78, 5) is 25.1. The maximum Gasteiger partial charge on any atom is 0.375 e. The van der Waals surface area contributed by atoms with Crippen molar-refractivity contribution in [2.75, 3.05) is 31.8 Å². The van der Waals surface area contributed by atoms with Crippen LogP contribution in [0, 0.1) is 0 Å². The second-order valence-corrected chi connectivity index (χ2v) is 5.85. The number of quaternary nitrogens is 1. The van der Waals surface area contributed by atoms with Crippen molar-refractivity contribution in [2.24, 2.45) is 0 Å². The first-order valence-corrected chi connectivity index (χ1v) is 7.22. The molecule has 6 heteroatoms. The van der Waals surface area contributed by atoms with Crippen LogP contribution in [0.25, 0.3) is 0 Å². The maximum atomic E-state index is 12.5. The van der Waals surface area contributed by atoms with Crippen LogP contribution in [-0.4, -0.2) is 42.8 Å². The van der Waals surface area contributed by atoms with Crippen molar-refractivity contribution in [3.05, 3.63) is 60.7 Å². The lowest BCUT2D eigenvalue weighted by Gasteiger charge is -2.33. The van der Waals surface area contributed by atoms with Gasteiger partial charge in [-0.15, -0.1) is 0 Å². The van der Waals surface area contributed by atoms with Gasteiger partial charge in [0.25, 0.3) is 0 Å². The highest BCUT2D eigenvalue weighted by Crippen LogP contribution is 2.13. The molecule has 0 aromatic heterocycles. The minimum atomic E-state index is -0.503. The Morgan fingerprint density at radius 3 is 1.39 bits per heavy atom. The molecule has 0 fully saturated rings. The number of amides is 4. The van der Waals surface area contributed by atoms with Crippen molar-refractivity contribution in [3.63, 3.8) is 0 Å². The minimum absolute atomic E-state index is 0.0251. The molecule has 0 radical (unpaired) electrons. The van der Waals surface area contributed by atoms with Crippen LogP contribution in [0.5, 0.6) is 0 Å². The van der Waals surface area contributed by atoms with Crippen molar-refractivity contribution in [1.82, 2.24) is 5.01 Å². The first kappa shape index (κ1) is 16.5. The fourth-order valence-electron chi connectivity index (χ4n) is 2.03. The van der Waals surface area contributed by atoms with Gasteiger partial charge in [0.1, 0.15) is 0 Å². The van der Waals surface area contributed by atoms with Crippen molar-refractivity contribution in [2.45, 2.75) is 0 Å². The first-order valence-electron chi connectivity index (χ1n) is 7.22. The highest BCUT2D eigenvalue weighted by atomic mass is 16.2. The van der Waals surface area contributed by atoms with Crippen LogP contribution < -0.4 is 10.6 Å². The SMILES string of the molecule is C[N+](C)(C)N(C(=O)Nc1ccccc1)C(=O)Nc1ccccc1. The van der Waals surface area contributed by atoms with Crippen molar-refractivity contribution < 1.29 is 14.2 Å². The number of nitrogens with zero attached hydrogens (tertiary/aromatic N) is 2. The summed E-state index contributed by atoms with van der Waals surface area (Å²) in [7, 11) is 5.24. The van der Waals surface area contributed by atoms with E-state index in [2.05, 4.69) is 10.6 Å². The van der Waals surface area contributed by atoms with Crippen LogP contribution in [0.2, 0.25) is 0 Å². The summed E-state index contributed by atoms with van der Waals surface area (Å²) >= 11 is 0. The average Bonchev–Trinajstić information content (AvgIpc) is 2.47. The zero-order valence-electron chi connectivity index (χ0n) is 13.5. The molecule has 6 nitrogen and oxygen atoms in total. The molecule has 0 heterocycles. The molecule has 2 aromatic carbocycles. The van der Waals surface area contributed by atoms with Crippen LogP contribution in [0.15, 0.2) is 60.7 Å². The van der Waals surface area contributed by atoms with Crippen LogP contribution in [-0.2, 0) is 0 Å². The molecule has 0 aliphatic heterocycles. The lowest BCUT2D eigenvalue weighted by atomic mass is 10.3. The first-order chi connectivity index (χ1) is 10.9. The monoisotopic (exact) mass is 313 g/mol. The molecule has 4 amide bonds. The van der Waals surface area contributed by atoms with Gasteiger partial charge in [-0.25, -0.2) is 14.2 Å². The highest BCUT2D eigenvalue weighted by molar-refractivity contribution is 6.04. The van der Waals surface area contributed by atoms with Gasteiger partial charge in [-0.1, -0.05) is 41.4 Å². The number of urea groups is 2. The van der Waals surface area contributed by atoms with Gasteiger partial charge in [0, 0.05) is 11.4 Å². The summed E-state index contributed by atoms with van der Waals surface area (Å²) in [5.41, 5.74) is 1.26. The van der Waals surface area contributed by atoms with Gasteiger partial charge in [-0.3, -0.25) is 0 Å². The lowest BCUT2D eigenvalue weighted by Crippen LogP contribution is -2.60. The Bertz CT molecular complexity index is 612. The summed E-state index contributed by atoms with van der Waals surface area (Å²) in [5, 5.41) is 6.56. The third kappa shape index (κ3) is 4.55. The van der Waals surface area contributed by atoms with E-state index in [1.807, 2.05) is 36.4 Å². The van der Waals surface area contributed by atoms with E-state index in [-0.39, 0.29) is 4.59 Å². The Balaban J connectivity index is 2.16. The van der Waals surface area contributed by atoms with Gasteiger partial charge >= 0.3 is 12.1 Å². The van der Waals surface area contributed by atoms with Crippen molar-refractivity contribution >= 4 is 23.4 Å². The fourth-order valence-corrected chi connectivity index (χ4v) is 2.03.